The van der Waals surface area contributed by atoms with Crippen molar-refractivity contribution in [2.75, 3.05) is 12.1 Å². The molecule has 5 rings (SSSR count). The van der Waals surface area contributed by atoms with Gasteiger partial charge in [0.15, 0.2) is 17.6 Å². The van der Waals surface area contributed by atoms with Crippen LogP contribution in [0.4, 0.5) is 5.69 Å². The summed E-state index contributed by atoms with van der Waals surface area (Å²) in [7, 11) is 0. The van der Waals surface area contributed by atoms with Crippen molar-refractivity contribution in [2.45, 2.75) is 13.0 Å². The second-order valence-electron chi connectivity index (χ2n) is 7.09. The smallest absolute Gasteiger partial charge is 0.265 e. The zero-order chi connectivity index (χ0) is 21.2. The van der Waals surface area contributed by atoms with Gasteiger partial charge in [0, 0.05) is 17.3 Å². The lowest BCUT2D eigenvalue weighted by Crippen LogP contribution is -2.30. The number of hydrogen-bond acceptors (Lipinski definition) is 6. The third-order valence-corrected chi connectivity index (χ3v) is 4.92. The van der Waals surface area contributed by atoms with Crippen molar-refractivity contribution < 1.29 is 19.0 Å². The first-order valence-electron chi connectivity index (χ1n) is 9.85. The van der Waals surface area contributed by atoms with Gasteiger partial charge in [-0.05, 0) is 55.5 Å². The van der Waals surface area contributed by atoms with Crippen molar-refractivity contribution in [3.8, 4) is 28.5 Å². The van der Waals surface area contributed by atoms with Gasteiger partial charge < -0.3 is 19.5 Å². The second kappa shape index (κ2) is 7.95. The van der Waals surface area contributed by atoms with E-state index in [0.717, 1.165) is 22.3 Å². The molecule has 1 unspecified atom stereocenters. The average molecular weight is 413 g/mol. The first-order valence-corrected chi connectivity index (χ1v) is 9.85. The van der Waals surface area contributed by atoms with Gasteiger partial charge in [-0.15, -0.1) is 0 Å². The minimum Gasteiger partial charge on any atom is -0.481 e. The molecule has 4 aromatic rings. The van der Waals surface area contributed by atoms with E-state index in [9.17, 15) is 4.79 Å². The molecule has 7 heteroatoms. The Balaban J connectivity index is 1.24. The lowest BCUT2D eigenvalue weighted by Gasteiger charge is -2.15. The van der Waals surface area contributed by atoms with Crippen molar-refractivity contribution in [3.05, 3.63) is 72.9 Å². The maximum atomic E-state index is 12.5. The molecular formula is C24H19N3O4. The highest BCUT2D eigenvalue weighted by molar-refractivity contribution is 5.94. The normalized spacial score (nSPS) is 13.1. The van der Waals surface area contributed by atoms with E-state index in [1.54, 1.807) is 31.3 Å². The zero-order valence-electron chi connectivity index (χ0n) is 16.7. The second-order valence-corrected chi connectivity index (χ2v) is 7.09. The van der Waals surface area contributed by atoms with Crippen LogP contribution in [0.1, 0.15) is 6.92 Å². The Morgan fingerprint density at radius 2 is 1.77 bits per heavy atom. The Morgan fingerprint density at radius 1 is 1.00 bits per heavy atom. The summed E-state index contributed by atoms with van der Waals surface area (Å²) in [4.78, 5) is 21.6. The Labute approximate surface area is 178 Å². The number of ether oxygens (including phenoxy) is 3. The summed E-state index contributed by atoms with van der Waals surface area (Å²) >= 11 is 0. The molecule has 3 aromatic carbocycles. The fourth-order valence-corrected chi connectivity index (χ4v) is 3.28. The lowest BCUT2D eigenvalue weighted by atomic mass is 10.1. The van der Waals surface area contributed by atoms with E-state index in [-0.39, 0.29) is 12.7 Å². The molecule has 31 heavy (non-hydrogen) atoms. The molecule has 0 bridgehead atoms. The highest BCUT2D eigenvalue weighted by atomic mass is 16.7. The Bertz CT molecular complexity index is 1260. The molecular weight excluding hydrogens is 394 g/mol. The van der Waals surface area contributed by atoms with E-state index < -0.39 is 6.10 Å². The summed E-state index contributed by atoms with van der Waals surface area (Å²) in [6, 6.07) is 20.4. The standard InChI is InChI=1S/C24H19N3O4/c1-15(24(28)26-17-8-11-22-23(12-17)30-14-29-22)31-18-9-6-16(7-10-18)21-13-25-19-4-2-3-5-20(19)27-21/h2-13,15H,14H2,1H3,(H,26,28). The largest absolute Gasteiger partial charge is 0.481 e. The molecule has 0 saturated heterocycles. The van der Waals surface area contributed by atoms with Crippen LogP contribution in [0.2, 0.25) is 0 Å². The first-order chi connectivity index (χ1) is 15.2. The summed E-state index contributed by atoms with van der Waals surface area (Å²) in [6.07, 6.45) is 1.07. The number of benzene rings is 3. The monoisotopic (exact) mass is 413 g/mol. The van der Waals surface area contributed by atoms with E-state index >= 15 is 0 Å². The fourth-order valence-electron chi connectivity index (χ4n) is 3.28. The molecule has 0 aliphatic carbocycles. The van der Waals surface area contributed by atoms with Gasteiger partial charge in [-0.3, -0.25) is 9.78 Å². The summed E-state index contributed by atoms with van der Waals surface area (Å²) in [5, 5.41) is 2.83. The number of fused-ring (bicyclic) bond motifs is 2. The minimum atomic E-state index is -0.684. The SMILES string of the molecule is CC(Oc1ccc(-c2cnc3ccccc3n2)cc1)C(=O)Nc1ccc2c(c1)OCO2. The molecule has 0 saturated carbocycles. The number of para-hydroxylation sites is 2. The topological polar surface area (TPSA) is 82.6 Å². The molecule has 1 aliphatic heterocycles. The van der Waals surface area contributed by atoms with Crippen molar-refractivity contribution >= 4 is 22.6 Å². The van der Waals surface area contributed by atoms with Gasteiger partial charge in [0.05, 0.1) is 22.9 Å². The molecule has 154 valence electrons. The van der Waals surface area contributed by atoms with Crippen LogP contribution in [0, 0.1) is 0 Å². The Morgan fingerprint density at radius 3 is 2.61 bits per heavy atom. The maximum Gasteiger partial charge on any atom is 0.265 e. The van der Waals surface area contributed by atoms with Gasteiger partial charge in [0.25, 0.3) is 5.91 Å². The maximum absolute atomic E-state index is 12.5. The number of nitrogens with zero attached hydrogens (tertiary/aromatic N) is 2. The molecule has 1 aliphatic rings. The van der Waals surface area contributed by atoms with Crippen molar-refractivity contribution in [2.24, 2.45) is 0 Å². The van der Waals surface area contributed by atoms with Crippen LogP contribution >= 0.6 is 0 Å². The summed E-state index contributed by atoms with van der Waals surface area (Å²) in [5.41, 5.74) is 4.01. The summed E-state index contributed by atoms with van der Waals surface area (Å²) < 4.78 is 16.4. The van der Waals surface area contributed by atoms with Crippen LogP contribution in [0.15, 0.2) is 72.9 Å². The molecule has 1 atom stereocenters. The molecule has 0 radical (unpaired) electrons. The first kappa shape index (κ1) is 18.9. The van der Waals surface area contributed by atoms with Crippen LogP contribution in [0.3, 0.4) is 0 Å². The van der Waals surface area contributed by atoms with Crippen LogP contribution in [-0.2, 0) is 4.79 Å². The van der Waals surface area contributed by atoms with Gasteiger partial charge in [0.2, 0.25) is 6.79 Å². The van der Waals surface area contributed by atoms with E-state index in [4.69, 9.17) is 14.2 Å². The quantitative estimate of drug-likeness (QED) is 0.521. The highest BCUT2D eigenvalue weighted by Gasteiger charge is 2.18. The van der Waals surface area contributed by atoms with E-state index in [1.165, 1.54) is 0 Å². The molecule has 1 N–H and O–H groups in total. The van der Waals surface area contributed by atoms with Crippen LogP contribution in [0.25, 0.3) is 22.3 Å². The number of anilines is 1. The van der Waals surface area contributed by atoms with Gasteiger partial charge in [0.1, 0.15) is 5.75 Å². The molecule has 2 heterocycles. The lowest BCUT2D eigenvalue weighted by molar-refractivity contribution is -0.122. The number of nitrogens with one attached hydrogen (secondary N) is 1. The van der Waals surface area contributed by atoms with Gasteiger partial charge in [-0.25, -0.2) is 4.98 Å². The van der Waals surface area contributed by atoms with Crippen molar-refractivity contribution in [1.82, 2.24) is 9.97 Å². The number of carbonyl (C=O) groups is 1. The summed E-state index contributed by atoms with van der Waals surface area (Å²) in [6.45, 7) is 1.89. The van der Waals surface area contributed by atoms with Crippen LogP contribution < -0.4 is 19.5 Å². The molecule has 0 spiro atoms. The Kier molecular flexibility index (Phi) is 4.84. The van der Waals surface area contributed by atoms with Gasteiger partial charge >= 0.3 is 0 Å². The number of aromatic nitrogens is 2. The number of rotatable bonds is 5. The molecule has 1 aromatic heterocycles. The fraction of sp³-hybridized carbons (Fsp3) is 0.125. The van der Waals surface area contributed by atoms with Crippen molar-refractivity contribution in [1.29, 1.82) is 0 Å². The van der Waals surface area contributed by atoms with E-state index in [0.29, 0.717) is 22.9 Å². The molecule has 0 fully saturated rings. The van der Waals surface area contributed by atoms with E-state index in [2.05, 4.69) is 15.3 Å². The zero-order valence-corrected chi connectivity index (χ0v) is 16.7. The van der Waals surface area contributed by atoms with Crippen molar-refractivity contribution in [3.63, 3.8) is 0 Å². The number of amides is 1. The Hall–Kier alpha value is -4.13. The highest BCUT2D eigenvalue weighted by Crippen LogP contribution is 2.34. The predicted molar refractivity (Wildman–Crippen MR) is 116 cm³/mol. The van der Waals surface area contributed by atoms with Crippen LogP contribution in [-0.4, -0.2) is 28.8 Å². The van der Waals surface area contributed by atoms with E-state index in [1.807, 2.05) is 48.5 Å². The molecule has 1 amide bonds. The number of carbonyl (C=O) groups excluding carboxylic acids is 1. The number of hydrogen-bond donors (Lipinski definition) is 1. The molecule has 7 nitrogen and oxygen atoms in total. The third kappa shape index (κ3) is 3.98. The van der Waals surface area contributed by atoms with Crippen LogP contribution in [0.5, 0.6) is 17.2 Å². The van der Waals surface area contributed by atoms with Gasteiger partial charge in [-0.2, -0.15) is 0 Å². The predicted octanol–water partition coefficient (Wildman–Crippen LogP) is 4.43. The third-order valence-electron chi connectivity index (χ3n) is 4.92. The average Bonchev–Trinajstić information content (AvgIpc) is 3.27. The summed E-state index contributed by atoms with van der Waals surface area (Å²) in [5.74, 6) is 1.60. The van der Waals surface area contributed by atoms with Gasteiger partial charge in [-0.1, -0.05) is 12.1 Å². The minimum absolute atomic E-state index is 0.188.